The van der Waals surface area contributed by atoms with E-state index in [0.717, 1.165) is 0 Å². The molecule has 2 aromatic carbocycles. The predicted molar refractivity (Wildman–Crippen MR) is 128 cm³/mol. The lowest BCUT2D eigenvalue weighted by Gasteiger charge is -2.41. The van der Waals surface area contributed by atoms with Crippen molar-refractivity contribution in [3.05, 3.63) is 70.5 Å². The summed E-state index contributed by atoms with van der Waals surface area (Å²) in [6.45, 7) is 2.09. The van der Waals surface area contributed by atoms with Crippen molar-refractivity contribution in [1.82, 2.24) is 4.90 Å². The van der Waals surface area contributed by atoms with Gasteiger partial charge in [0.1, 0.15) is 5.82 Å². The van der Waals surface area contributed by atoms with Crippen LogP contribution in [0.25, 0.3) is 0 Å². The summed E-state index contributed by atoms with van der Waals surface area (Å²) >= 11 is 3.01. The molecule has 1 aliphatic heterocycles. The maximum atomic E-state index is 13.4. The van der Waals surface area contributed by atoms with Crippen LogP contribution in [0.2, 0.25) is 0 Å². The third-order valence-corrected chi connectivity index (χ3v) is 5.64. The first-order valence-electron chi connectivity index (χ1n) is 10.8. The lowest BCUT2D eigenvalue weighted by Crippen LogP contribution is -2.46. The summed E-state index contributed by atoms with van der Waals surface area (Å²) in [5.41, 5.74) is -2.61. The molecule has 200 valence electrons. The fourth-order valence-electron chi connectivity index (χ4n) is 3.62. The highest BCUT2D eigenvalue weighted by molar-refractivity contribution is 9.09. The summed E-state index contributed by atoms with van der Waals surface area (Å²) in [6, 6.07) is 6.08. The number of alkyl halides is 7. The first-order valence-corrected chi connectivity index (χ1v) is 11.9. The number of benzene rings is 2. The van der Waals surface area contributed by atoms with E-state index in [1.165, 1.54) is 31.2 Å². The van der Waals surface area contributed by atoms with Crippen LogP contribution in [0.4, 0.5) is 30.7 Å². The lowest BCUT2D eigenvalue weighted by molar-refractivity contribution is -0.228. The van der Waals surface area contributed by atoms with Crippen molar-refractivity contribution in [2.24, 2.45) is 0 Å². The molecule has 0 aromatic heterocycles. The Morgan fingerprint density at radius 2 is 1.57 bits per heavy atom. The third kappa shape index (κ3) is 8.75. The molecule has 0 unspecified atom stereocenters. The Morgan fingerprint density at radius 3 is 2.03 bits per heavy atom. The highest BCUT2D eigenvalue weighted by Crippen LogP contribution is 2.39. The molecule has 0 amide bonds. The van der Waals surface area contributed by atoms with Crippen LogP contribution in [0.1, 0.15) is 41.3 Å². The van der Waals surface area contributed by atoms with E-state index in [2.05, 4.69) is 27.8 Å². The smallest absolute Gasteiger partial charge is 0.349 e. The van der Waals surface area contributed by atoms with Crippen LogP contribution >= 0.6 is 15.9 Å². The van der Waals surface area contributed by atoms with Crippen molar-refractivity contribution in [3.63, 3.8) is 0 Å². The summed E-state index contributed by atoms with van der Waals surface area (Å²) < 4.78 is 104. The minimum atomic E-state index is -4.97. The van der Waals surface area contributed by atoms with Gasteiger partial charge in [-0.15, -0.1) is 12.8 Å². The Kier molecular flexibility index (Phi) is 11.0. The Balaban J connectivity index is 0.00000112. The molecule has 1 saturated heterocycles. The first-order chi connectivity index (χ1) is 17.3. The number of terminal acetylenes is 2. The van der Waals surface area contributed by atoms with Crippen LogP contribution < -0.4 is 0 Å². The summed E-state index contributed by atoms with van der Waals surface area (Å²) in [4.78, 5) is 1.81. The first kappa shape index (κ1) is 30.7. The highest BCUT2D eigenvalue weighted by atomic mass is 79.9. The number of hydrogen-bond donors (Lipinski definition) is 0. The van der Waals surface area contributed by atoms with Crippen LogP contribution in [-0.4, -0.2) is 36.2 Å². The van der Waals surface area contributed by atoms with Gasteiger partial charge in [-0.25, -0.2) is 4.39 Å². The van der Waals surface area contributed by atoms with Gasteiger partial charge in [0.2, 0.25) is 0 Å². The van der Waals surface area contributed by atoms with E-state index >= 15 is 0 Å². The van der Waals surface area contributed by atoms with Crippen LogP contribution in [-0.2, 0) is 21.8 Å². The minimum absolute atomic E-state index is 0.0588. The van der Waals surface area contributed by atoms with Crippen LogP contribution in [0.5, 0.6) is 0 Å². The zero-order chi connectivity index (χ0) is 27.8. The van der Waals surface area contributed by atoms with E-state index in [4.69, 9.17) is 22.3 Å². The molecule has 1 fully saturated rings. The van der Waals surface area contributed by atoms with E-state index in [1.54, 1.807) is 4.90 Å². The van der Waals surface area contributed by atoms with Crippen LogP contribution in [0, 0.1) is 30.5 Å². The number of halogens is 8. The van der Waals surface area contributed by atoms with Crippen molar-refractivity contribution >= 4 is 15.9 Å². The fraction of sp³-hybridized carbons (Fsp3) is 0.385. The summed E-state index contributed by atoms with van der Waals surface area (Å²) in [5, 5.41) is 0.660. The number of nitrogens with zero attached hydrogens (tertiary/aromatic N) is 1. The Morgan fingerprint density at radius 1 is 1.03 bits per heavy atom. The predicted octanol–water partition coefficient (Wildman–Crippen LogP) is 6.99. The molecule has 0 saturated carbocycles. The maximum absolute atomic E-state index is 13.4. The molecule has 0 spiro atoms. The van der Waals surface area contributed by atoms with Crippen molar-refractivity contribution < 1.29 is 40.2 Å². The van der Waals surface area contributed by atoms with Gasteiger partial charge in [-0.05, 0) is 48.4 Å². The van der Waals surface area contributed by atoms with E-state index in [0.29, 0.717) is 29.6 Å². The van der Waals surface area contributed by atoms with E-state index in [9.17, 15) is 30.7 Å². The van der Waals surface area contributed by atoms with Gasteiger partial charge < -0.3 is 9.47 Å². The molecule has 3 nitrogen and oxygen atoms in total. The molecule has 3 atom stereocenters. The van der Waals surface area contributed by atoms with Gasteiger partial charge in [0.15, 0.2) is 6.29 Å². The number of ether oxygens (including phenoxy) is 2. The molecule has 0 radical (unpaired) electrons. The molecule has 37 heavy (non-hydrogen) atoms. The van der Waals surface area contributed by atoms with Gasteiger partial charge in [0, 0.05) is 6.54 Å². The Labute approximate surface area is 219 Å². The van der Waals surface area contributed by atoms with Gasteiger partial charge >= 0.3 is 12.4 Å². The quantitative estimate of drug-likeness (QED) is 0.212. The van der Waals surface area contributed by atoms with Crippen LogP contribution in [0.3, 0.4) is 0 Å². The Bertz CT molecular complexity index is 1070. The molecule has 1 aliphatic rings. The molecule has 2 aromatic rings. The average molecular weight is 594 g/mol. The molecular formula is C26H23BrF7NO2. The van der Waals surface area contributed by atoms with Crippen molar-refractivity contribution in [2.45, 2.75) is 37.7 Å². The second-order valence-corrected chi connectivity index (χ2v) is 8.43. The maximum Gasteiger partial charge on any atom is 0.416 e. The molecule has 1 heterocycles. The van der Waals surface area contributed by atoms with Gasteiger partial charge in [-0.1, -0.05) is 39.9 Å². The van der Waals surface area contributed by atoms with Crippen molar-refractivity contribution in [2.75, 3.05) is 25.0 Å². The molecule has 0 bridgehead atoms. The summed E-state index contributed by atoms with van der Waals surface area (Å²) in [7, 11) is 0. The number of hydrogen-bond acceptors (Lipinski definition) is 3. The van der Waals surface area contributed by atoms with Gasteiger partial charge in [0.25, 0.3) is 0 Å². The topological polar surface area (TPSA) is 21.7 Å². The second kappa shape index (κ2) is 13.3. The number of rotatable bonds is 5. The standard InChI is InChI=1S/C23H20F7NO2.C3H3Br/c1-3-8-31-9-10-32-21(20(31)15-4-6-19(24)7-5-15)33-14(2)16-11-17(22(25,26)27)13-18(12-16)23(28,29)30;1-2-3-4/h1,4-7,11-14,20-21H,8-10H2,2H3;1H,3H2/t14-,20+,21-;/m1./s1. The molecular weight excluding hydrogens is 571 g/mol. The fourth-order valence-corrected chi connectivity index (χ4v) is 3.62. The molecule has 0 N–H and O–H groups in total. The monoisotopic (exact) mass is 593 g/mol. The number of morpholine rings is 1. The van der Waals surface area contributed by atoms with E-state index in [-0.39, 0.29) is 24.8 Å². The van der Waals surface area contributed by atoms with Gasteiger partial charge in [-0.3, -0.25) is 4.90 Å². The lowest BCUT2D eigenvalue weighted by atomic mass is 10.0. The Hall–Kier alpha value is -2.57. The van der Waals surface area contributed by atoms with Crippen molar-refractivity contribution in [1.29, 1.82) is 0 Å². The minimum Gasteiger partial charge on any atom is -0.349 e. The van der Waals surface area contributed by atoms with E-state index in [1.807, 2.05) is 0 Å². The second-order valence-electron chi connectivity index (χ2n) is 7.87. The third-order valence-electron chi connectivity index (χ3n) is 5.31. The average Bonchev–Trinajstić information content (AvgIpc) is 2.84. The summed E-state index contributed by atoms with van der Waals surface area (Å²) in [5.74, 6) is 4.36. The molecule has 11 heteroatoms. The zero-order valence-electron chi connectivity index (χ0n) is 19.5. The van der Waals surface area contributed by atoms with E-state index < -0.39 is 47.7 Å². The highest BCUT2D eigenvalue weighted by Gasteiger charge is 2.39. The molecule has 0 aliphatic carbocycles. The molecule has 3 rings (SSSR count). The van der Waals surface area contributed by atoms with Crippen LogP contribution in [0.15, 0.2) is 42.5 Å². The SMILES string of the molecule is C#CCBr.C#CCN1CCO[C@H](O[C@H](C)c2cc(C(F)(F)F)cc(C(F)(F)F)c2)[C@@H]1c1ccc(F)cc1. The van der Waals surface area contributed by atoms with Gasteiger partial charge in [-0.2, -0.15) is 26.3 Å². The van der Waals surface area contributed by atoms with Crippen molar-refractivity contribution in [3.8, 4) is 24.7 Å². The summed E-state index contributed by atoms with van der Waals surface area (Å²) in [6.07, 6.45) is -2.05. The van der Waals surface area contributed by atoms with Gasteiger partial charge in [0.05, 0.1) is 41.8 Å². The normalized spacial score (nSPS) is 19.2. The largest absolute Gasteiger partial charge is 0.416 e. The zero-order valence-corrected chi connectivity index (χ0v) is 21.1.